The van der Waals surface area contributed by atoms with Gasteiger partial charge in [-0.2, -0.15) is 0 Å². The summed E-state index contributed by atoms with van der Waals surface area (Å²) in [5, 5.41) is 45.9. The molecule has 0 saturated carbocycles. The number of benzene rings is 3. The predicted molar refractivity (Wildman–Crippen MR) is 457 cm³/mol. The van der Waals surface area contributed by atoms with Crippen LogP contribution >= 0.6 is 0 Å². The number of anilines is 2. The lowest BCUT2D eigenvalue weighted by Crippen LogP contribution is -2.34. The molecule has 0 atom stereocenters. The van der Waals surface area contributed by atoms with Crippen LogP contribution in [0.3, 0.4) is 0 Å². The lowest BCUT2D eigenvalue weighted by molar-refractivity contribution is -0.114. The van der Waals surface area contributed by atoms with Crippen molar-refractivity contribution in [2.45, 2.75) is 312 Å². The van der Waals surface area contributed by atoms with Gasteiger partial charge in [0.05, 0.1) is 33.4 Å². The first kappa shape index (κ1) is 87.8. The highest BCUT2D eigenvalue weighted by molar-refractivity contribution is 6.42. The molecule has 0 saturated heterocycles. The quantitative estimate of drug-likeness (QED) is 0.0317. The second-order valence-corrected chi connectivity index (χ2v) is 32.2. The van der Waals surface area contributed by atoms with Crippen LogP contribution in [0.4, 0.5) is 11.4 Å². The van der Waals surface area contributed by atoms with Crippen LogP contribution in [0.1, 0.15) is 334 Å². The van der Waals surface area contributed by atoms with E-state index in [-0.39, 0.29) is 56.5 Å². The zero-order chi connectivity index (χ0) is 77.4. The average molecular weight is 1470 g/mol. The maximum absolute atomic E-state index is 14.1. The lowest BCUT2D eigenvalue weighted by Gasteiger charge is -2.34. The number of aliphatic hydroxyl groups is 4. The summed E-state index contributed by atoms with van der Waals surface area (Å²) >= 11 is 0. The summed E-state index contributed by atoms with van der Waals surface area (Å²) in [5.41, 5.74) is 5.41. The topological polar surface area (TPSA) is 156 Å². The van der Waals surface area contributed by atoms with Gasteiger partial charge in [-0.25, -0.2) is 0 Å². The second kappa shape index (κ2) is 48.9. The molecule has 7 rings (SSSR count). The van der Waals surface area contributed by atoms with E-state index in [4.69, 9.17) is 0 Å². The molecule has 4 aliphatic rings. The highest BCUT2D eigenvalue weighted by atomic mass is 16.3. The Labute approximate surface area is 653 Å². The van der Waals surface area contributed by atoms with Crippen molar-refractivity contribution in [2.75, 3.05) is 36.0 Å². The van der Waals surface area contributed by atoms with Crippen molar-refractivity contribution in [1.82, 2.24) is 0 Å². The first-order valence-electron chi connectivity index (χ1n) is 43.6. The normalized spacial score (nSPS) is 16.3. The van der Waals surface area contributed by atoms with E-state index >= 15 is 0 Å². The van der Waals surface area contributed by atoms with E-state index < -0.39 is 23.1 Å². The van der Waals surface area contributed by atoms with Crippen LogP contribution in [0.25, 0.3) is 23.3 Å². The van der Waals surface area contributed by atoms with Gasteiger partial charge in [0.1, 0.15) is 23.0 Å². The number of rotatable bonds is 56. The molecule has 0 radical (unpaired) electrons. The fraction of sp³-hybridized carbons (Fsp3) is 0.571. The third-order valence-electron chi connectivity index (χ3n) is 23.1. The molecule has 0 unspecified atom stereocenters. The zero-order valence-corrected chi connectivity index (χ0v) is 68.3. The Morgan fingerprint density at radius 1 is 0.278 bits per heavy atom. The SMILES string of the molecule is CCCCCCC(CCCCCC)CN(CC(CCCCCC)CCCCCC)c1ccc(C2=C(O)/C(=C3/C(=O)C=C(/C=C/c4ccc(/C=C/C5=CC(=O)/C(=C6\C(=O)C(c7ccc(N(CC(CCCCCC)CCCCCC)CC(CCCCCC)CCCCCC)cc7)=C6O)C(O)=C5)cc4)C=C3O)C2=O)cc1. The zero-order valence-electron chi connectivity index (χ0n) is 68.3. The predicted octanol–water partition coefficient (Wildman–Crippen LogP) is 27.2. The molecule has 0 bridgehead atoms. The molecule has 4 N–H and O–H groups in total. The number of allylic oxidation sites excluding steroid dienone is 14. The van der Waals surface area contributed by atoms with Gasteiger partial charge in [-0.15, -0.1) is 0 Å². The van der Waals surface area contributed by atoms with Gasteiger partial charge < -0.3 is 30.2 Å². The average Bonchev–Trinajstić information content (AvgIpc) is 0.743. The molecule has 10 nitrogen and oxygen atoms in total. The molecular formula is C98H140N2O8. The molecule has 0 aromatic heterocycles. The van der Waals surface area contributed by atoms with Gasteiger partial charge in [0, 0.05) is 37.6 Å². The molecule has 0 amide bonds. The molecular weight excluding hydrogens is 1330 g/mol. The van der Waals surface area contributed by atoms with Gasteiger partial charge in [-0.05, 0) is 157 Å². The molecule has 0 fully saturated rings. The Hall–Kier alpha value is -7.46. The third kappa shape index (κ3) is 27.5. The van der Waals surface area contributed by atoms with Gasteiger partial charge in [-0.3, -0.25) is 19.2 Å². The summed E-state index contributed by atoms with van der Waals surface area (Å²) in [4.78, 5) is 61.0. The van der Waals surface area contributed by atoms with Crippen LogP contribution in [0.2, 0.25) is 0 Å². The summed E-state index contributed by atoms with van der Waals surface area (Å²) in [6.07, 6.45) is 62.8. The summed E-state index contributed by atoms with van der Waals surface area (Å²) in [5.74, 6) is -1.06. The van der Waals surface area contributed by atoms with E-state index in [0.29, 0.717) is 45.9 Å². The minimum atomic E-state index is -0.577. The van der Waals surface area contributed by atoms with Crippen LogP contribution in [0.5, 0.6) is 0 Å². The number of ketones is 4. The smallest absolute Gasteiger partial charge is 0.202 e. The highest BCUT2D eigenvalue weighted by Gasteiger charge is 2.42. The van der Waals surface area contributed by atoms with Gasteiger partial charge in [-0.1, -0.05) is 334 Å². The fourth-order valence-corrected chi connectivity index (χ4v) is 16.5. The van der Waals surface area contributed by atoms with E-state index in [2.05, 4.69) is 89.5 Å². The van der Waals surface area contributed by atoms with E-state index in [0.717, 1.165) is 48.7 Å². The van der Waals surface area contributed by atoms with Crippen LogP contribution in [0.15, 0.2) is 166 Å². The third-order valence-corrected chi connectivity index (χ3v) is 23.1. The maximum Gasteiger partial charge on any atom is 0.202 e. The molecule has 3 aromatic carbocycles. The Kier molecular flexibility index (Phi) is 39.8. The van der Waals surface area contributed by atoms with Crippen molar-refractivity contribution < 1.29 is 39.6 Å². The minimum absolute atomic E-state index is 0.149. The lowest BCUT2D eigenvalue weighted by atomic mass is 9.78. The van der Waals surface area contributed by atoms with Gasteiger partial charge >= 0.3 is 0 Å². The van der Waals surface area contributed by atoms with Crippen LogP contribution in [-0.2, 0) is 19.2 Å². The molecule has 108 heavy (non-hydrogen) atoms. The number of unbranched alkanes of at least 4 members (excludes halogenated alkanes) is 24. The Morgan fingerprint density at radius 3 is 0.731 bits per heavy atom. The van der Waals surface area contributed by atoms with E-state index in [1.165, 1.54) is 281 Å². The number of carbonyl (C=O) groups excluding carboxylic acids is 4. The number of hydrogen-bond donors (Lipinski definition) is 4. The first-order chi connectivity index (χ1) is 52.6. The van der Waals surface area contributed by atoms with Crippen molar-refractivity contribution >= 4 is 57.8 Å². The molecule has 0 aliphatic heterocycles. The van der Waals surface area contributed by atoms with Gasteiger partial charge in [0.15, 0.2) is 11.6 Å². The van der Waals surface area contributed by atoms with Crippen molar-refractivity contribution in [3.05, 3.63) is 188 Å². The van der Waals surface area contributed by atoms with Crippen LogP contribution in [-0.4, -0.2) is 69.7 Å². The number of aliphatic hydroxyl groups excluding tert-OH is 4. The molecule has 0 heterocycles. The van der Waals surface area contributed by atoms with Gasteiger partial charge in [0.25, 0.3) is 0 Å². The molecule has 10 heteroatoms. The van der Waals surface area contributed by atoms with Crippen molar-refractivity contribution in [3.8, 4) is 0 Å². The number of carbonyl (C=O) groups is 4. The Bertz CT molecular complexity index is 3270. The largest absolute Gasteiger partial charge is 0.507 e. The van der Waals surface area contributed by atoms with Crippen molar-refractivity contribution in [1.29, 1.82) is 0 Å². The number of nitrogens with zero attached hydrogens (tertiary/aromatic N) is 2. The van der Waals surface area contributed by atoms with Crippen LogP contribution < -0.4 is 9.80 Å². The number of Topliss-reactive ketones (excluding diaryl/α,β-unsaturated/α-hetero) is 2. The van der Waals surface area contributed by atoms with E-state index in [9.17, 15) is 39.6 Å². The monoisotopic (exact) mass is 1470 g/mol. The van der Waals surface area contributed by atoms with Crippen LogP contribution in [0, 0.1) is 23.7 Å². The van der Waals surface area contributed by atoms with E-state index in [1.54, 1.807) is 24.3 Å². The van der Waals surface area contributed by atoms with Crippen molar-refractivity contribution in [2.24, 2.45) is 23.7 Å². The van der Waals surface area contributed by atoms with Gasteiger partial charge in [0.2, 0.25) is 11.6 Å². The maximum atomic E-state index is 14.1. The summed E-state index contributed by atoms with van der Waals surface area (Å²) < 4.78 is 0. The minimum Gasteiger partial charge on any atom is -0.507 e. The number of hydrogen-bond acceptors (Lipinski definition) is 10. The fourth-order valence-electron chi connectivity index (χ4n) is 16.5. The molecule has 4 aliphatic carbocycles. The van der Waals surface area contributed by atoms with E-state index in [1.807, 2.05) is 48.5 Å². The Balaban J connectivity index is 1.01. The highest BCUT2D eigenvalue weighted by Crippen LogP contribution is 2.44. The summed E-state index contributed by atoms with van der Waals surface area (Å²) in [7, 11) is 0. The summed E-state index contributed by atoms with van der Waals surface area (Å²) in [6, 6.07) is 23.7. The molecule has 0 spiro atoms. The van der Waals surface area contributed by atoms with Crippen molar-refractivity contribution in [3.63, 3.8) is 0 Å². The summed E-state index contributed by atoms with van der Waals surface area (Å²) in [6.45, 7) is 22.3. The molecule has 3 aromatic rings. The first-order valence-corrected chi connectivity index (χ1v) is 43.6. The second-order valence-electron chi connectivity index (χ2n) is 32.2. The Morgan fingerprint density at radius 2 is 0.519 bits per heavy atom. The standard InChI is InChI=1S/C98H140N2O8/c1-9-17-25-33-41-75(42-34-26-18-10-2)69-99(70-76(43-35-27-19-11-3)44-36-28-20-12-4)83-61-57-81(58-62-83)89-95(105)93(96(89)106)91-85(101)65-79(66-86(91)102)55-53-73-49-51-74(52-50-73)54-56-80-67-87(103)92(88(104)68-80)94-97(107)90(98(94)108)82-59-63-84(64-60-82)100(71-77(45-37-29-21-13-5)46-38-30-22-14-6)72-78(47-39-31-23-15-7)48-40-32-24-16-8/h49-68,75-78,101,103,105,107H,9-48,69-72H2,1-8H3/b55-53+,56-54+,93-91-,94-92-. The molecule has 590 valence electrons.